The molecule has 7 nitrogen and oxygen atoms in total. The summed E-state index contributed by atoms with van der Waals surface area (Å²) in [6, 6.07) is 12.1. The first kappa shape index (κ1) is 14.7. The molecule has 23 heavy (non-hydrogen) atoms. The molecule has 2 heterocycles. The largest absolute Gasteiger partial charge is 0.489 e. The van der Waals surface area contributed by atoms with Crippen molar-refractivity contribution in [3.05, 3.63) is 64.7 Å². The van der Waals surface area contributed by atoms with Crippen LogP contribution in [0.4, 0.5) is 0 Å². The SMILES string of the molecule is O=C(NCCOc1cccc2cccnc12)c1ccc(=O)[nH]n1. The van der Waals surface area contributed by atoms with Gasteiger partial charge < -0.3 is 10.1 Å². The van der Waals surface area contributed by atoms with Crippen molar-refractivity contribution in [3.8, 4) is 5.75 Å². The van der Waals surface area contributed by atoms with Crippen LogP contribution < -0.4 is 15.6 Å². The summed E-state index contributed by atoms with van der Waals surface area (Å²) in [5, 5.41) is 9.53. The summed E-state index contributed by atoms with van der Waals surface area (Å²) < 4.78 is 5.67. The number of rotatable bonds is 5. The first-order valence-electron chi connectivity index (χ1n) is 7.04. The summed E-state index contributed by atoms with van der Waals surface area (Å²) >= 11 is 0. The molecule has 0 aliphatic rings. The third-order valence-electron chi connectivity index (χ3n) is 3.15. The van der Waals surface area contributed by atoms with Gasteiger partial charge in [0.15, 0.2) is 0 Å². The number of carbonyl (C=O) groups is 1. The molecular weight excluding hydrogens is 296 g/mol. The number of nitrogens with zero attached hydrogens (tertiary/aromatic N) is 2. The fraction of sp³-hybridized carbons (Fsp3) is 0.125. The van der Waals surface area contributed by atoms with Crippen molar-refractivity contribution >= 4 is 16.8 Å². The number of nitrogens with one attached hydrogen (secondary N) is 2. The van der Waals surface area contributed by atoms with E-state index in [4.69, 9.17) is 4.74 Å². The van der Waals surface area contributed by atoms with E-state index in [-0.39, 0.29) is 17.2 Å². The van der Waals surface area contributed by atoms with Gasteiger partial charge in [0, 0.05) is 17.6 Å². The number of aromatic amines is 1. The highest BCUT2D eigenvalue weighted by molar-refractivity contribution is 5.91. The summed E-state index contributed by atoms with van der Waals surface area (Å²) in [7, 11) is 0. The minimum atomic E-state index is -0.374. The maximum atomic E-state index is 11.8. The van der Waals surface area contributed by atoms with Crippen molar-refractivity contribution in [2.45, 2.75) is 0 Å². The van der Waals surface area contributed by atoms with E-state index < -0.39 is 0 Å². The molecule has 1 amide bonds. The first-order valence-corrected chi connectivity index (χ1v) is 7.04. The molecule has 1 aromatic carbocycles. The maximum absolute atomic E-state index is 11.8. The number of benzene rings is 1. The fourth-order valence-corrected chi connectivity index (χ4v) is 2.08. The highest BCUT2D eigenvalue weighted by Gasteiger charge is 2.07. The van der Waals surface area contributed by atoms with Crippen LogP contribution in [0.3, 0.4) is 0 Å². The Balaban J connectivity index is 1.56. The topological polar surface area (TPSA) is 97.0 Å². The average molecular weight is 310 g/mol. The number of H-pyrrole nitrogens is 1. The molecule has 0 saturated heterocycles. The minimum Gasteiger partial charge on any atom is -0.489 e. The molecule has 0 spiro atoms. The number of fused-ring (bicyclic) bond motifs is 1. The molecule has 2 aromatic heterocycles. The van der Waals surface area contributed by atoms with Crippen LogP contribution in [-0.2, 0) is 0 Å². The number of para-hydroxylation sites is 1. The number of ether oxygens (including phenoxy) is 1. The molecule has 7 heteroatoms. The standard InChI is InChI=1S/C16H14N4O3/c21-14-7-6-12(19-20-14)16(22)18-9-10-23-13-5-1-3-11-4-2-8-17-15(11)13/h1-8H,9-10H2,(H,18,22)(H,20,21). The zero-order valence-electron chi connectivity index (χ0n) is 12.2. The number of pyridine rings is 1. The predicted molar refractivity (Wildman–Crippen MR) is 84.4 cm³/mol. The zero-order valence-corrected chi connectivity index (χ0v) is 12.2. The van der Waals surface area contributed by atoms with E-state index >= 15 is 0 Å². The number of amides is 1. The van der Waals surface area contributed by atoms with Crippen LogP contribution in [0.1, 0.15) is 10.5 Å². The van der Waals surface area contributed by atoms with Crippen LogP contribution in [0, 0.1) is 0 Å². The number of aromatic nitrogens is 3. The number of hydrogen-bond donors (Lipinski definition) is 2. The molecule has 116 valence electrons. The summed E-state index contributed by atoms with van der Waals surface area (Å²) in [5.41, 5.74) is 0.577. The second-order valence-electron chi connectivity index (χ2n) is 4.74. The van der Waals surface area contributed by atoms with Gasteiger partial charge >= 0.3 is 0 Å². The first-order chi connectivity index (χ1) is 11.2. The van der Waals surface area contributed by atoms with Gasteiger partial charge in [0.05, 0.1) is 6.54 Å². The third kappa shape index (κ3) is 3.52. The molecule has 0 fully saturated rings. The van der Waals surface area contributed by atoms with Crippen molar-refractivity contribution < 1.29 is 9.53 Å². The highest BCUT2D eigenvalue weighted by atomic mass is 16.5. The van der Waals surface area contributed by atoms with Gasteiger partial charge in [-0.05, 0) is 18.2 Å². The smallest absolute Gasteiger partial charge is 0.271 e. The molecule has 0 unspecified atom stereocenters. The van der Waals surface area contributed by atoms with Crippen LogP contribution in [0.15, 0.2) is 53.5 Å². The Labute approximate surface area is 131 Å². The molecule has 0 aliphatic heterocycles. The molecule has 2 N–H and O–H groups in total. The van der Waals surface area contributed by atoms with Crippen LogP contribution in [-0.4, -0.2) is 34.2 Å². The monoisotopic (exact) mass is 310 g/mol. The average Bonchev–Trinajstić information content (AvgIpc) is 2.59. The lowest BCUT2D eigenvalue weighted by Crippen LogP contribution is -2.29. The Kier molecular flexibility index (Phi) is 4.28. The Morgan fingerprint density at radius 3 is 2.87 bits per heavy atom. The molecular formula is C16H14N4O3. The van der Waals surface area contributed by atoms with Gasteiger partial charge in [0.2, 0.25) is 0 Å². The van der Waals surface area contributed by atoms with Crippen LogP contribution in [0.2, 0.25) is 0 Å². The number of hydrogen-bond acceptors (Lipinski definition) is 5. The Hall–Kier alpha value is -3.22. The van der Waals surface area contributed by atoms with Gasteiger partial charge in [0.1, 0.15) is 23.6 Å². The molecule has 3 rings (SSSR count). The van der Waals surface area contributed by atoms with E-state index in [1.54, 1.807) is 6.20 Å². The van der Waals surface area contributed by atoms with Crippen LogP contribution in [0.25, 0.3) is 10.9 Å². The van der Waals surface area contributed by atoms with Gasteiger partial charge in [-0.2, -0.15) is 5.10 Å². The van der Waals surface area contributed by atoms with Crippen LogP contribution in [0.5, 0.6) is 5.75 Å². The number of carbonyl (C=O) groups excluding carboxylic acids is 1. The normalized spacial score (nSPS) is 10.4. The van der Waals surface area contributed by atoms with E-state index in [1.807, 2.05) is 30.3 Å². The molecule has 0 saturated carbocycles. The molecule has 3 aromatic rings. The quantitative estimate of drug-likeness (QED) is 0.688. The zero-order chi connectivity index (χ0) is 16.1. The van der Waals surface area contributed by atoms with Gasteiger partial charge in [-0.15, -0.1) is 0 Å². The van der Waals surface area contributed by atoms with Crippen molar-refractivity contribution in [2.75, 3.05) is 13.2 Å². The summed E-state index contributed by atoms with van der Waals surface area (Å²) in [4.78, 5) is 27.0. The second-order valence-corrected chi connectivity index (χ2v) is 4.74. The molecule has 0 radical (unpaired) electrons. The predicted octanol–water partition coefficient (Wildman–Crippen LogP) is 1.13. The Morgan fingerprint density at radius 1 is 1.17 bits per heavy atom. The lowest BCUT2D eigenvalue weighted by molar-refractivity contribution is 0.0941. The molecule has 0 atom stereocenters. The second kappa shape index (κ2) is 6.69. The van der Waals surface area contributed by atoms with Gasteiger partial charge in [-0.25, -0.2) is 5.10 Å². The Morgan fingerprint density at radius 2 is 2.04 bits per heavy atom. The van der Waals surface area contributed by atoms with Gasteiger partial charge in [-0.3, -0.25) is 14.6 Å². The van der Waals surface area contributed by atoms with Crippen molar-refractivity contribution in [1.82, 2.24) is 20.5 Å². The van der Waals surface area contributed by atoms with E-state index in [9.17, 15) is 9.59 Å². The Bertz CT molecular complexity index is 866. The van der Waals surface area contributed by atoms with E-state index in [0.29, 0.717) is 18.9 Å². The molecule has 0 bridgehead atoms. The third-order valence-corrected chi connectivity index (χ3v) is 3.15. The van der Waals surface area contributed by atoms with Crippen molar-refractivity contribution in [1.29, 1.82) is 0 Å². The summed E-state index contributed by atoms with van der Waals surface area (Å²) in [6.07, 6.45) is 1.71. The maximum Gasteiger partial charge on any atom is 0.271 e. The lowest BCUT2D eigenvalue weighted by atomic mass is 10.2. The summed E-state index contributed by atoms with van der Waals surface area (Å²) in [6.45, 7) is 0.605. The van der Waals surface area contributed by atoms with E-state index in [1.165, 1.54) is 12.1 Å². The van der Waals surface area contributed by atoms with E-state index in [2.05, 4.69) is 20.5 Å². The van der Waals surface area contributed by atoms with Gasteiger partial charge in [-0.1, -0.05) is 18.2 Å². The lowest BCUT2D eigenvalue weighted by Gasteiger charge is -2.09. The van der Waals surface area contributed by atoms with Gasteiger partial charge in [0.25, 0.3) is 11.5 Å². The molecule has 0 aliphatic carbocycles. The summed E-state index contributed by atoms with van der Waals surface area (Å²) in [5.74, 6) is 0.292. The van der Waals surface area contributed by atoms with Crippen molar-refractivity contribution in [3.63, 3.8) is 0 Å². The minimum absolute atomic E-state index is 0.149. The fourth-order valence-electron chi connectivity index (χ4n) is 2.08. The van der Waals surface area contributed by atoms with Crippen LogP contribution >= 0.6 is 0 Å². The highest BCUT2D eigenvalue weighted by Crippen LogP contribution is 2.22. The van der Waals surface area contributed by atoms with Crippen molar-refractivity contribution in [2.24, 2.45) is 0 Å². The van der Waals surface area contributed by atoms with E-state index in [0.717, 1.165) is 10.9 Å².